The number of rotatable bonds is 5. The quantitative estimate of drug-likeness (QED) is 0.872. The molecule has 2 heterocycles. The molecule has 0 aromatic carbocycles. The van der Waals surface area contributed by atoms with Crippen LogP contribution in [0.3, 0.4) is 0 Å². The zero-order valence-corrected chi connectivity index (χ0v) is 13.8. The maximum atomic E-state index is 4.55. The molecule has 1 aliphatic rings. The Balaban J connectivity index is 1.62. The van der Waals surface area contributed by atoms with Gasteiger partial charge in [-0.15, -0.1) is 11.3 Å². The maximum Gasteiger partial charge on any atom is 0.0809 e. The third-order valence-corrected chi connectivity index (χ3v) is 6.18. The lowest BCUT2D eigenvalue weighted by Crippen LogP contribution is -2.29. The lowest BCUT2D eigenvalue weighted by atomic mass is 10.1. The van der Waals surface area contributed by atoms with Crippen LogP contribution < -0.4 is 5.32 Å². The fourth-order valence-corrected chi connectivity index (χ4v) is 4.96. The van der Waals surface area contributed by atoms with Crippen molar-refractivity contribution in [3.8, 4) is 0 Å². The molecule has 2 aromatic rings. The topological polar surface area (TPSA) is 24.9 Å². The van der Waals surface area contributed by atoms with Crippen LogP contribution in [0.25, 0.3) is 10.2 Å². The minimum Gasteiger partial charge on any atom is -0.307 e. The zero-order chi connectivity index (χ0) is 13.9. The van der Waals surface area contributed by atoms with Crippen molar-refractivity contribution in [2.24, 2.45) is 0 Å². The van der Waals surface area contributed by atoms with Crippen LogP contribution in [0, 0.1) is 0 Å². The van der Waals surface area contributed by atoms with E-state index < -0.39 is 0 Å². The fourth-order valence-electron chi connectivity index (χ4n) is 3.03. The van der Waals surface area contributed by atoms with Crippen molar-refractivity contribution >= 4 is 33.3 Å². The van der Waals surface area contributed by atoms with Gasteiger partial charge in [0.2, 0.25) is 0 Å². The first-order chi connectivity index (χ1) is 9.76. The van der Waals surface area contributed by atoms with Crippen molar-refractivity contribution in [1.82, 2.24) is 10.3 Å². The van der Waals surface area contributed by atoms with Gasteiger partial charge in [-0.3, -0.25) is 4.98 Å². The van der Waals surface area contributed by atoms with Gasteiger partial charge in [0, 0.05) is 23.5 Å². The van der Waals surface area contributed by atoms with E-state index in [9.17, 15) is 0 Å². The van der Waals surface area contributed by atoms with Crippen LogP contribution in [0.1, 0.15) is 44.7 Å². The highest BCUT2D eigenvalue weighted by atomic mass is 32.2. The summed E-state index contributed by atoms with van der Waals surface area (Å²) >= 11 is 3.89. The SMILES string of the molecule is CCSC1CCC(NC(C)c2cnc3ccsc3c2)C1. The van der Waals surface area contributed by atoms with Gasteiger partial charge in [-0.2, -0.15) is 11.8 Å². The Morgan fingerprint density at radius 3 is 3.25 bits per heavy atom. The van der Waals surface area contributed by atoms with E-state index in [0.717, 1.165) is 10.8 Å². The number of nitrogens with zero attached hydrogens (tertiary/aromatic N) is 1. The van der Waals surface area contributed by atoms with Crippen LogP contribution in [-0.4, -0.2) is 22.0 Å². The highest BCUT2D eigenvalue weighted by Gasteiger charge is 2.25. The van der Waals surface area contributed by atoms with E-state index in [0.29, 0.717) is 12.1 Å². The van der Waals surface area contributed by atoms with Crippen molar-refractivity contribution in [1.29, 1.82) is 0 Å². The number of fused-ring (bicyclic) bond motifs is 1. The number of pyridine rings is 1. The second-order valence-electron chi connectivity index (χ2n) is 5.55. The molecular formula is C16H22N2S2. The molecule has 3 atom stereocenters. The summed E-state index contributed by atoms with van der Waals surface area (Å²) in [7, 11) is 0. The first-order valence-corrected chi connectivity index (χ1v) is 9.40. The molecule has 2 nitrogen and oxygen atoms in total. The van der Waals surface area contributed by atoms with Gasteiger partial charge in [-0.25, -0.2) is 0 Å². The number of hydrogen-bond acceptors (Lipinski definition) is 4. The second kappa shape index (κ2) is 6.46. The normalized spacial score (nSPS) is 24.3. The summed E-state index contributed by atoms with van der Waals surface area (Å²) in [6.45, 7) is 4.52. The summed E-state index contributed by atoms with van der Waals surface area (Å²) in [6.07, 6.45) is 6.03. The Labute approximate surface area is 129 Å². The van der Waals surface area contributed by atoms with Crippen molar-refractivity contribution in [2.75, 3.05) is 5.75 Å². The first kappa shape index (κ1) is 14.4. The van der Waals surface area contributed by atoms with Gasteiger partial charge >= 0.3 is 0 Å². The molecule has 0 saturated heterocycles. The summed E-state index contributed by atoms with van der Waals surface area (Å²) in [6, 6.07) is 5.45. The molecule has 0 radical (unpaired) electrons. The molecule has 0 bridgehead atoms. The summed E-state index contributed by atoms with van der Waals surface area (Å²) in [5.74, 6) is 1.24. The monoisotopic (exact) mass is 306 g/mol. The minimum absolute atomic E-state index is 0.393. The van der Waals surface area contributed by atoms with Gasteiger partial charge < -0.3 is 5.32 Å². The van der Waals surface area contributed by atoms with Crippen LogP contribution in [-0.2, 0) is 0 Å². The molecule has 20 heavy (non-hydrogen) atoms. The van der Waals surface area contributed by atoms with Gasteiger partial charge in [0.05, 0.1) is 10.2 Å². The standard InChI is InChI=1S/C16H22N2S2/c1-3-19-14-5-4-13(9-14)18-11(2)12-8-16-15(17-10-12)6-7-20-16/h6-8,10-11,13-14,18H,3-5,9H2,1-2H3. The molecule has 0 aliphatic heterocycles. The molecule has 4 heteroatoms. The molecule has 2 aromatic heterocycles. The number of hydrogen-bond donors (Lipinski definition) is 1. The average molecular weight is 307 g/mol. The van der Waals surface area contributed by atoms with Gasteiger partial charge in [-0.1, -0.05) is 6.92 Å². The molecule has 3 unspecified atom stereocenters. The summed E-state index contributed by atoms with van der Waals surface area (Å²) in [4.78, 5) is 4.55. The smallest absolute Gasteiger partial charge is 0.0809 e. The third-order valence-electron chi connectivity index (χ3n) is 4.10. The molecule has 3 rings (SSSR count). The van der Waals surface area contributed by atoms with Crippen LogP contribution in [0.5, 0.6) is 0 Å². The Morgan fingerprint density at radius 1 is 1.50 bits per heavy atom. The van der Waals surface area contributed by atoms with Crippen LogP contribution in [0.4, 0.5) is 0 Å². The molecule has 0 amide bonds. The number of nitrogens with one attached hydrogen (secondary N) is 1. The Hall–Kier alpha value is -0.580. The van der Waals surface area contributed by atoms with E-state index in [-0.39, 0.29) is 0 Å². The van der Waals surface area contributed by atoms with Crippen molar-refractivity contribution in [2.45, 2.75) is 50.4 Å². The molecule has 1 fully saturated rings. The Bertz CT molecular complexity index is 566. The second-order valence-corrected chi connectivity index (χ2v) is 8.07. The molecule has 0 spiro atoms. The van der Waals surface area contributed by atoms with Crippen LogP contribution in [0.15, 0.2) is 23.7 Å². The van der Waals surface area contributed by atoms with E-state index in [1.807, 2.05) is 6.20 Å². The molecular weight excluding hydrogens is 284 g/mol. The molecule has 108 valence electrons. The van der Waals surface area contributed by atoms with E-state index in [1.165, 1.54) is 35.3 Å². The zero-order valence-electron chi connectivity index (χ0n) is 12.1. The summed E-state index contributed by atoms with van der Waals surface area (Å²) in [5, 5.41) is 6.77. The first-order valence-electron chi connectivity index (χ1n) is 7.47. The lowest BCUT2D eigenvalue weighted by Gasteiger charge is -2.20. The number of aromatic nitrogens is 1. The average Bonchev–Trinajstić information content (AvgIpc) is 3.07. The van der Waals surface area contributed by atoms with Crippen molar-refractivity contribution in [3.63, 3.8) is 0 Å². The summed E-state index contributed by atoms with van der Waals surface area (Å²) < 4.78 is 1.29. The van der Waals surface area contributed by atoms with Gasteiger partial charge in [0.15, 0.2) is 0 Å². The highest BCUT2D eigenvalue weighted by Crippen LogP contribution is 2.31. The summed E-state index contributed by atoms with van der Waals surface area (Å²) in [5.41, 5.74) is 2.43. The Kier molecular flexibility index (Phi) is 4.64. The molecule has 1 aliphatic carbocycles. The van der Waals surface area contributed by atoms with E-state index in [1.54, 1.807) is 11.3 Å². The lowest BCUT2D eigenvalue weighted by molar-refractivity contribution is 0.461. The minimum atomic E-state index is 0.393. The van der Waals surface area contributed by atoms with Gasteiger partial charge in [0.25, 0.3) is 0 Å². The van der Waals surface area contributed by atoms with E-state index in [2.05, 4.69) is 53.4 Å². The number of thioether (sulfide) groups is 1. The molecule has 1 saturated carbocycles. The van der Waals surface area contributed by atoms with Crippen LogP contribution in [0.2, 0.25) is 0 Å². The number of thiophene rings is 1. The van der Waals surface area contributed by atoms with Crippen molar-refractivity contribution in [3.05, 3.63) is 29.3 Å². The predicted molar refractivity (Wildman–Crippen MR) is 90.7 cm³/mol. The molecule has 1 N–H and O–H groups in total. The highest BCUT2D eigenvalue weighted by molar-refractivity contribution is 7.99. The van der Waals surface area contributed by atoms with Crippen LogP contribution >= 0.6 is 23.1 Å². The third kappa shape index (κ3) is 3.18. The predicted octanol–water partition coefficient (Wildman–Crippen LogP) is 4.62. The van der Waals surface area contributed by atoms with E-state index in [4.69, 9.17) is 0 Å². The fraction of sp³-hybridized carbons (Fsp3) is 0.562. The Morgan fingerprint density at radius 2 is 2.40 bits per heavy atom. The van der Waals surface area contributed by atoms with Crippen molar-refractivity contribution < 1.29 is 0 Å². The largest absolute Gasteiger partial charge is 0.307 e. The van der Waals surface area contributed by atoms with Gasteiger partial charge in [0.1, 0.15) is 0 Å². The van der Waals surface area contributed by atoms with Gasteiger partial charge in [-0.05, 0) is 55.0 Å². The van der Waals surface area contributed by atoms with E-state index >= 15 is 0 Å². The maximum absolute atomic E-state index is 4.55.